The molecule has 0 spiro atoms. The van der Waals surface area contributed by atoms with Gasteiger partial charge >= 0.3 is 0 Å². The molecule has 1 amide bonds. The summed E-state index contributed by atoms with van der Waals surface area (Å²) in [4.78, 5) is 14.9. The van der Waals surface area contributed by atoms with Crippen LogP contribution in [0.1, 0.15) is 33.4 Å². The Morgan fingerprint density at radius 2 is 2.00 bits per heavy atom. The molecule has 1 aliphatic heterocycles. The summed E-state index contributed by atoms with van der Waals surface area (Å²) in [5.74, 6) is 0.713. The topological polar surface area (TPSA) is 62.2 Å². The van der Waals surface area contributed by atoms with E-state index in [9.17, 15) is 4.79 Å². The van der Waals surface area contributed by atoms with Crippen molar-refractivity contribution >= 4 is 24.1 Å². The third-order valence-corrected chi connectivity index (χ3v) is 4.73. The highest BCUT2D eigenvalue weighted by Gasteiger charge is 2.23. The molecule has 0 bridgehead atoms. The molecule has 7 heteroatoms. The van der Waals surface area contributed by atoms with Crippen LogP contribution in [0.15, 0.2) is 36.4 Å². The second-order valence-electron chi connectivity index (χ2n) is 7.98. The number of amides is 1. The van der Waals surface area contributed by atoms with Crippen molar-refractivity contribution in [1.29, 1.82) is 0 Å². The SMILES string of the molecule is C[C@@H]1CNCCN1CC(=O)Nc1cc(C(C)(C)C)nn1-c1ccccc1.Cl. The first-order chi connectivity index (χ1) is 12.3. The lowest BCUT2D eigenvalue weighted by Gasteiger charge is -2.33. The van der Waals surface area contributed by atoms with Gasteiger partial charge < -0.3 is 10.6 Å². The second-order valence-corrected chi connectivity index (χ2v) is 7.98. The lowest BCUT2D eigenvalue weighted by atomic mass is 9.92. The van der Waals surface area contributed by atoms with Crippen LogP contribution in [0.3, 0.4) is 0 Å². The van der Waals surface area contributed by atoms with Gasteiger partial charge in [-0.3, -0.25) is 9.69 Å². The molecule has 0 radical (unpaired) electrons. The highest BCUT2D eigenvalue weighted by molar-refractivity contribution is 5.91. The van der Waals surface area contributed by atoms with Crippen LogP contribution < -0.4 is 10.6 Å². The zero-order valence-electron chi connectivity index (χ0n) is 16.5. The van der Waals surface area contributed by atoms with Crippen LogP contribution in [0.4, 0.5) is 5.82 Å². The van der Waals surface area contributed by atoms with Gasteiger partial charge in [0.25, 0.3) is 0 Å². The van der Waals surface area contributed by atoms with E-state index in [1.165, 1.54) is 0 Å². The highest BCUT2D eigenvalue weighted by atomic mass is 35.5. The number of hydrogen-bond acceptors (Lipinski definition) is 4. The molecule has 1 saturated heterocycles. The standard InChI is InChI=1S/C20H29N5O.ClH/c1-15-13-21-10-11-24(15)14-19(26)22-18-12-17(20(2,3)4)23-25(18)16-8-6-5-7-9-16;/h5-9,12,15,21H,10-11,13-14H2,1-4H3,(H,22,26);1H/t15-;/m1./s1. The third-order valence-electron chi connectivity index (χ3n) is 4.73. The van der Waals surface area contributed by atoms with Gasteiger partial charge in [0.2, 0.25) is 5.91 Å². The van der Waals surface area contributed by atoms with E-state index in [2.05, 4.69) is 43.2 Å². The Morgan fingerprint density at radius 1 is 1.30 bits per heavy atom. The smallest absolute Gasteiger partial charge is 0.239 e. The summed E-state index contributed by atoms with van der Waals surface area (Å²) in [7, 11) is 0. The minimum atomic E-state index is -0.0907. The van der Waals surface area contributed by atoms with E-state index in [1.54, 1.807) is 0 Å². The summed E-state index contributed by atoms with van der Waals surface area (Å²) in [6.07, 6.45) is 0. The fourth-order valence-electron chi connectivity index (χ4n) is 3.09. The largest absolute Gasteiger partial charge is 0.314 e. The van der Waals surface area contributed by atoms with Crippen LogP contribution in [0.25, 0.3) is 5.69 Å². The Morgan fingerprint density at radius 3 is 2.63 bits per heavy atom. The number of carbonyl (C=O) groups excluding carboxylic acids is 1. The number of carbonyl (C=O) groups is 1. The fraction of sp³-hybridized carbons (Fsp3) is 0.500. The summed E-state index contributed by atoms with van der Waals surface area (Å²) < 4.78 is 1.82. The van der Waals surface area contributed by atoms with Crippen molar-refractivity contribution in [2.24, 2.45) is 0 Å². The number of nitrogens with one attached hydrogen (secondary N) is 2. The zero-order valence-corrected chi connectivity index (χ0v) is 17.3. The predicted octanol–water partition coefficient (Wildman–Crippen LogP) is 2.82. The molecule has 27 heavy (non-hydrogen) atoms. The van der Waals surface area contributed by atoms with Crippen molar-refractivity contribution in [3.05, 3.63) is 42.1 Å². The van der Waals surface area contributed by atoms with Gasteiger partial charge in [-0.1, -0.05) is 39.0 Å². The maximum atomic E-state index is 12.7. The maximum Gasteiger partial charge on any atom is 0.239 e. The Balaban J connectivity index is 0.00000261. The molecule has 2 N–H and O–H groups in total. The van der Waals surface area contributed by atoms with Crippen LogP contribution in [0.2, 0.25) is 0 Å². The molecule has 1 atom stereocenters. The lowest BCUT2D eigenvalue weighted by molar-refractivity contribution is -0.118. The van der Waals surface area contributed by atoms with E-state index < -0.39 is 0 Å². The van der Waals surface area contributed by atoms with Gasteiger partial charge in [-0.25, -0.2) is 4.68 Å². The Labute approximate surface area is 167 Å². The van der Waals surface area contributed by atoms with E-state index in [0.29, 0.717) is 18.4 Å². The van der Waals surface area contributed by atoms with Crippen molar-refractivity contribution < 1.29 is 4.79 Å². The molecule has 0 aliphatic carbocycles. The average molecular weight is 392 g/mol. The highest BCUT2D eigenvalue weighted by Crippen LogP contribution is 2.26. The molecular formula is C20H30ClN5O. The van der Waals surface area contributed by atoms with Crippen LogP contribution in [-0.4, -0.2) is 52.8 Å². The van der Waals surface area contributed by atoms with Crippen molar-refractivity contribution in [3.63, 3.8) is 0 Å². The maximum absolute atomic E-state index is 12.7. The van der Waals surface area contributed by atoms with Crippen molar-refractivity contribution in [2.75, 3.05) is 31.5 Å². The molecule has 6 nitrogen and oxygen atoms in total. The Hall–Kier alpha value is -1.89. The summed E-state index contributed by atoms with van der Waals surface area (Å²) >= 11 is 0. The number of para-hydroxylation sites is 1. The first-order valence-electron chi connectivity index (χ1n) is 9.25. The summed E-state index contributed by atoms with van der Waals surface area (Å²) in [5, 5.41) is 11.2. The van der Waals surface area contributed by atoms with Crippen molar-refractivity contribution in [1.82, 2.24) is 20.0 Å². The quantitative estimate of drug-likeness (QED) is 0.841. The molecule has 1 aromatic carbocycles. The number of piperazine rings is 1. The Bertz CT molecular complexity index is 753. The number of benzene rings is 1. The van der Waals surface area contributed by atoms with Gasteiger partial charge in [-0.05, 0) is 19.1 Å². The molecule has 2 aromatic rings. The van der Waals surface area contributed by atoms with E-state index >= 15 is 0 Å². The zero-order chi connectivity index (χ0) is 18.7. The number of halogens is 1. The molecular weight excluding hydrogens is 362 g/mol. The molecule has 1 aromatic heterocycles. The number of hydrogen-bond donors (Lipinski definition) is 2. The van der Waals surface area contributed by atoms with Crippen LogP contribution in [0.5, 0.6) is 0 Å². The fourth-order valence-corrected chi connectivity index (χ4v) is 3.09. The third kappa shape index (κ3) is 5.31. The minimum absolute atomic E-state index is 0. The molecule has 1 fully saturated rings. The van der Waals surface area contributed by atoms with E-state index in [0.717, 1.165) is 31.0 Å². The van der Waals surface area contributed by atoms with Crippen molar-refractivity contribution in [3.8, 4) is 5.69 Å². The number of nitrogens with zero attached hydrogens (tertiary/aromatic N) is 3. The molecule has 148 valence electrons. The minimum Gasteiger partial charge on any atom is -0.314 e. The van der Waals surface area contributed by atoms with Crippen LogP contribution >= 0.6 is 12.4 Å². The predicted molar refractivity (Wildman–Crippen MR) is 112 cm³/mol. The number of aromatic nitrogens is 2. The molecule has 0 unspecified atom stereocenters. The monoisotopic (exact) mass is 391 g/mol. The average Bonchev–Trinajstić information content (AvgIpc) is 3.02. The van der Waals surface area contributed by atoms with Crippen LogP contribution in [-0.2, 0) is 10.2 Å². The molecule has 1 aliphatic rings. The van der Waals surface area contributed by atoms with Crippen LogP contribution in [0, 0.1) is 0 Å². The first kappa shape index (κ1) is 21.4. The molecule has 0 saturated carbocycles. The van der Waals surface area contributed by atoms with E-state index in [-0.39, 0.29) is 23.7 Å². The van der Waals surface area contributed by atoms with Gasteiger partial charge in [0.1, 0.15) is 5.82 Å². The van der Waals surface area contributed by atoms with Gasteiger partial charge in [0, 0.05) is 37.2 Å². The normalized spacial score (nSPS) is 18.0. The summed E-state index contributed by atoms with van der Waals surface area (Å²) in [6, 6.07) is 12.2. The van der Waals surface area contributed by atoms with Crippen molar-refractivity contribution in [2.45, 2.75) is 39.2 Å². The summed E-state index contributed by atoms with van der Waals surface area (Å²) in [6.45, 7) is 11.6. The van der Waals surface area contributed by atoms with Gasteiger partial charge in [0.05, 0.1) is 17.9 Å². The number of rotatable bonds is 4. The first-order valence-corrected chi connectivity index (χ1v) is 9.25. The Kier molecular flexibility index (Phi) is 7.03. The van der Waals surface area contributed by atoms with E-state index in [1.807, 2.05) is 41.1 Å². The molecule has 3 rings (SSSR count). The molecule has 2 heterocycles. The van der Waals surface area contributed by atoms with E-state index in [4.69, 9.17) is 5.10 Å². The second kappa shape index (κ2) is 8.87. The van der Waals surface area contributed by atoms with Gasteiger partial charge in [-0.15, -0.1) is 12.4 Å². The van der Waals surface area contributed by atoms with Gasteiger partial charge in [0.15, 0.2) is 0 Å². The number of anilines is 1. The summed E-state index contributed by atoms with van der Waals surface area (Å²) in [5.41, 5.74) is 1.80. The van der Waals surface area contributed by atoms with Gasteiger partial charge in [-0.2, -0.15) is 5.10 Å². The lowest BCUT2D eigenvalue weighted by Crippen LogP contribution is -2.52.